The van der Waals surface area contributed by atoms with Gasteiger partial charge in [0.2, 0.25) is 5.78 Å². The van der Waals surface area contributed by atoms with Crippen LogP contribution in [-0.2, 0) is 9.53 Å². The van der Waals surface area contributed by atoms with E-state index >= 15 is 0 Å². The van der Waals surface area contributed by atoms with Crippen LogP contribution in [0, 0.1) is 0 Å². The molecule has 0 saturated carbocycles. The van der Waals surface area contributed by atoms with Gasteiger partial charge in [0.25, 0.3) is 0 Å². The van der Waals surface area contributed by atoms with Crippen LogP contribution in [0.2, 0.25) is 0 Å². The zero-order valence-electron chi connectivity index (χ0n) is 6.26. The third-order valence-corrected chi connectivity index (χ3v) is 0.964. The number of aliphatic imine (C=N–C) groups is 1. The number of carbonyl (C=O) groups excluding carboxylic acids is 1. The van der Waals surface area contributed by atoms with Gasteiger partial charge in [-0.25, -0.2) is 0 Å². The molecule has 0 fully saturated rings. The summed E-state index contributed by atoms with van der Waals surface area (Å²) in [6.45, 7) is 5.08. The van der Waals surface area contributed by atoms with Crippen molar-refractivity contribution in [3.63, 3.8) is 0 Å². The number of hydrogen-bond donors (Lipinski definition) is 0. The number of nitrogens with zero attached hydrogens (tertiary/aromatic N) is 1. The summed E-state index contributed by atoms with van der Waals surface area (Å²) in [5.41, 5.74) is 0.428. The Bertz CT molecular complexity index is 161. The van der Waals surface area contributed by atoms with Gasteiger partial charge in [-0.3, -0.25) is 9.79 Å². The molecule has 0 atom stereocenters. The van der Waals surface area contributed by atoms with Gasteiger partial charge in [0.15, 0.2) is 0 Å². The van der Waals surface area contributed by atoms with Crippen LogP contribution in [0.4, 0.5) is 0 Å². The zero-order valence-corrected chi connectivity index (χ0v) is 6.26. The van der Waals surface area contributed by atoms with Crippen LogP contribution in [0.1, 0.15) is 6.92 Å². The maximum absolute atomic E-state index is 10.8. The van der Waals surface area contributed by atoms with E-state index in [1.54, 1.807) is 6.92 Å². The highest BCUT2D eigenvalue weighted by atomic mass is 16.5. The number of hydrogen-bond acceptors (Lipinski definition) is 3. The van der Waals surface area contributed by atoms with Gasteiger partial charge in [0.05, 0.1) is 5.71 Å². The topological polar surface area (TPSA) is 38.7 Å². The van der Waals surface area contributed by atoms with E-state index in [9.17, 15) is 4.79 Å². The van der Waals surface area contributed by atoms with Crippen LogP contribution in [0.3, 0.4) is 0 Å². The van der Waals surface area contributed by atoms with Crippen LogP contribution in [0.5, 0.6) is 0 Å². The summed E-state index contributed by atoms with van der Waals surface area (Å²) in [6.07, 6.45) is 1.34. The maximum atomic E-state index is 10.8. The predicted octanol–water partition coefficient (Wildman–Crippen LogP) is 0.806. The van der Waals surface area contributed by atoms with E-state index in [-0.39, 0.29) is 12.4 Å². The highest BCUT2D eigenvalue weighted by Gasteiger charge is 2.02. The molecule has 3 nitrogen and oxygen atoms in total. The molecular weight excluding hydrogens is 130 g/mol. The van der Waals surface area contributed by atoms with E-state index in [1.807, 2.05) is 0 Å². The molecule has 0 aromatic carbocycles. The molecule has 0 saturated heterocycles. The molecule has 0 spiro atoms. The van der Waals surface area contributed by atoms with Crippen molar-refractivity contribution in [1.29, 1.82) is 0 Å². The zero-order chi connectivity index (χ0) is 7.98. The van der Waals surface area contributed by atoms with Gasteiger partial charge in [-0.05, 0) is 6.92 Å². The first kappa shape index (κ1) is 9.04. The Labute approximate surface area is 60.4 Å². The van der Waals surface area contributed by atoms with Crippen molar-refractivity contribution in [2.24, 2.45) is 4.99 Å². The van der Waals surface area contributed by atoms with Crippen LogP contribution in [0.15, 0.2) is 17.8 Å². The molecule has 0 aromatic heterocycles. The molecule has 0 aromatic rings. The Kier molecular flexibility index (Phi) is 4.41. The molecule has 0 bridgehead atoms. The van der Waals surface area contributed by atoms with Crippen LogP contribution >= 0.6 is 0 Å². The van der Waals surface area contributed by atoms with Gasteiger partial charge in [-0.15, -0.1) is 0 Å². The summed E-state index contributed by atoms with van der Waals surface area (Å²) < 4.78 is 4.61. The van der Waals surface area contributed by atoms with Crippen molar-refractivity contribution >= 4 is 11.5 Å². The molecule has 0 rings (SSSR count). The minimum atomic E-state index is -0.109. The quantitative estimate of drug-likeness (QED) is 0.543. The average molecular weight is 141 g/mol. The number of Topliss-reactive ketones (excluding diaryl/α,β-unsaturated/α-hetero) is 1. The van der Waals surface area contributed by atoms with E-state index < -0.39 is 0 Å². The summed E-state index contributed by atoms with van der Waals surface area (Å²) in [4.78, 5) is 14.5. The largest absolute Gasteiger partial charge is 0.376 e. The number of carbonyl (C=O) groups is 1. The highest BCUT2D eigenvalue weighted by molar-refractivity contribution is 6.39. The van der Waals surface area contributed by atoms with E-state index in [0.717, 1.165) is 0 Å². The molecule has 0 aliphatic rings. The second kappa shape index (κ2) is 4.88. The average Bonchev–Trinajstić information content (AvgIpc) is 1.89. The van der Waals surface area contributed by atoms with Gasteiger partial charge < -0.3 is 4.74 Å². The molecular formula is C7H11NO2. The predicted molar refractivity (Wildman–Crippen MR) is 40.2 cm³/mol. The van der Waals surface area contributed by atoms with Crippen LogP contribution in [0.25, 0.3) is 0 Å². The summed E-state index contributed by atoms with van der Waals surface area (Å²) in [5.74, 6) is -0.109. The fraction of sp³-hybridized carbons (Fsp3) is 0.429. The SMILES string of the molecule is C=C/N=C(\C)C(=O)COC. The Morgan fingerprint density at radius 2 is 2.40 bits per heavy atom. The van der Waals surface area contributed by atoms with E-state index in [0.29, 0.717) is 5.71 Å². The summed E-state index contributed by atoms with van der Waals surface area (Å²) >= 11 is 0. The van der Waals surface area contributed by atoms with E-state index in [4.69, 9.17) is 0 Å². The number of ketones is 1. The third kappa shape index (κ3) is 3.14. The lowest BCUT2D eigenvalue weighted by Gasteiger charge is -1.94. The first-order valence-electron chi connectivity index (χ1n) is 2.89. The molecule has 0 amide bonds. The van der Waals surface area contributed by atoms with Crippen molar-refractivity contribution in [2.45, 2.75) is 6.92 Å². The van der Waals surface area contributed by atoms with Crippen molar-refractivity contribution < 1.29 is 9.53 Å². The fourth-order valence-corrected chi connectivity index (χ4v) is 0.444. The smallest absolute Gasteiger partial charge is 0.202 e. The van der Waals surface area contributed by atoms with E-state index in [2.05, 4.69) is 16.3 Å². The van der Waals surface area contributed by atoms with Gasteiger partial charge in [-0.1, -0.05) is 6.58 Å². The van der Waals surface area contributed by atoms with Gasteiger partial charge in [-0.2, -0.15) is 0 Å². The summed E-state index contributed by atoms with van der Waals surface area (Å²) in [5, 5.41) is 0. The Balaban J connectivity index is 3.93. The maximum Gasteiger partial charge on any atom is 0.202 e. The van der Waals surface area contributed by atoms with Crippen molar-refractivity contribution in [3.8, 4) is 0 Å². The lowest BCUT2D eigenvalue weighted by atomic mass is 10.3. The van der Waals surface area contributed by atoms with Crippen LogP contribution in [-0.4, -0.2) is 25.2 Å². The molecule has 0 radical (unpaired) electrons. The molecule has 0 aliphatic heterocycles. The minimum absolute atomic E-state index is 0.0865. The minimum Gasteiger partial charge on any atom is -0.376 e. The van der Waals surface area contributed by atoms with Gasteiger partial charge in [0, 0.05) is 13.3 Å². The monoisotopic (exact) mass is 141 g/mol. The Morgan fingerprint density at radius 3 is 2.80 bits per heavy atom. The first-order chi connectivity index (χ1) is 4.72. The summed E-state index contributed by atoms with van der Waals surface area (Å²) in [7, 11) is 1.47. The number of rotatable bonds is 4. The second-order valence-corrected chi connectivity index (χ2v) is 1.75. The van der Waals surface area contributed by atoms with Crippen molar-refractivity contribution in [1.82, 2.24) is 0 Å². The molecule has 3 heteroatoms. The Morgan fingerprint density at radius 1 is 1.80 bits per heavy atom. The standard InChI is InChI=1S/C7H11NO2/c1-4-8-6(2)7(9)5-10-3/h4H,1,5H2,2-3H3/b8-6+. The van der Waals surface area contributed by atoms with Crippen molar-refractivity contribution in [3.05, 3.63) is 12.8 Å². The third-order valence-electron chi connectivity index (χ3n) is 0.964. The highest BCUT2D eigenvalue weighted by Crippen LogP contribution is 1.82. The van der Waals surface area contributed by atoms with E-state index in [1.165, 1.54) is 13.3 Å². The fourth-order valence-electron chi connectivity index (χ4n) is 0.444. The van der Waals surface area contributed by atoms with Gasteiger partial charge in [0.1, 0.15) is 6.61 Å². The molecule has 56 valence electrons. The van der Waals surface area contributed by atoms with Crippen molar-refractivity contribution in [2.75, 3.05) is 13.7 Å². The van der Waals surface area contributed by atoms with Gasteiger partial charge >= 0.3 is 0 Å². The molecule has 10 heavy (non-hydrogen) atoms. The number of methoxy groups -OCH3 is 1. The number of ether oxygens (including phenoxy) is 1. The molecule has 0 N–H and O–H groups in total. The second-order valence-electron chi connectivity index (χ2n) is 1.75. The first-order valence-corrected chi connectivity index (χ1v) is 2.89. The lowest BCUT2D eigenvalue weighted by Crippen LogP contribution is -2.15. The molecule has 0 heterocycles. The van der Waals surface area contributed by atoms with Crippen LogP contribution < -0.4 is 0 Å². The summed E-state index contributed by atoms with van der Waals surface area (Å²) in [6, 6.07) is 0. The normalized spacial score (nSPS) is 11.2. The molecule has 0 unspecified atom stereocenters. The molecule has 0 aliphatic carbocycles. The lowest BCUT2D eigenvalue weighted by molar-refractivity contribution is -0.116. The Hall–Kier alpha value is -0.960.